The lowest BCUT2D eigenvalue weighted by Gasteiger charge is -2.22. The van der Waals surface area contributed by atoms with Gasteiger partial charge < -0.3 is 5.32 Å². The summed E-state index contributed by atoms with van der Waals surface area (Å²) in [6.45, 7) is 8.79. The van der Waals surface area contributed by atoms with Crippen molar-refractivity contribution in [3.8, 4) is 0 Å². The maximum absolute atomic E-state index is 11.8. The third kappa shape index (κ3) is 7.17. The van der Waals surface area contributed by atoms with Crippen molar-refractivity contribution in [3.63, 3.8) is 0 Å². The number of carbonyl (C=O) groups excluding carboxylic acids is 1. The van der Waals surface area contributed by atoms with Crippen LogP contribution in [0.1, 0.15) is 40.5 Å². The maximum atomic E-state index is 11.8. The molecular formula is C12H25ClN2OS. The third-order valence-electron chi connectivity index (χ3n) is 2.75. The first-order valence-corrected chi connectivity index (χ1v) is 7.15. The standard InChI is InChI=1S/C12H24N2OS.ClH/c1-9(5-6-12(2,3)4)14-11(15)10-7-16-8-13-10;/h9-10,13H,5-8H2,1-4H3,(H,14,15);1H. The zero-order valence-electron chi connectivity index (χ0n) is 11.2. The Morgan fingerprint density at radius 3 is 2.65 bits per heavy atom. The molecule has 2 atom stereocenters. The number of halogens is 1. The maximum Gasteiger partial charge on any atom is 0.238 e. The first kappa shape index (κ1) is 17.1. The van der Waals surface area contributed by atoms with E-state index in [0.29, 0.717) is 5.41 Å². The van der Waals surface area contributed by atoms with Crippen molar-refractivity contribution < 1.29 is 4.79 Å². The van der Waals surface area contributed by atoms with E-state index in [2.05, 4.69) is 38.3 Å². The molecule has 2 unspecified atom stereocenters. The second-order valence-corrected chi connectivity index (χ2v) is 6.81. The summed E-state index contributed by atoms with van der Waals surface area (Å²) in [5, 5.41) is 6.26. The summed E-state index contributed by atoms with van der Waals surface area (Å²) >= 11 is 1.78. The molecule has 0 aromatic heterocycles. The molecule has 2 N–H and O–H groups in total. The van der Waals surface area contributed by atoms with E-state index in [1.165, 1.54) is 0 Å². The van der Waals surface area contributed by atoms with Gasteiger partial charge in [0.15, 0.2) is 0 Å². The summed E-state index contributed by atoms with van der Waals surface area (Å²) in [7, 11) is 0. The topological polar surface area (TPSA) is 41.1 Å². The molecule has 0 radical (unpaired) electrons. The highest BCUT2D eigenvalue weighted by atomic mass is 35.5. The first-order chi connectivity index (χ1) is 7.38. The van der Waals surface area contributed by atoms with Crippen molar-refractivity contribution in [2.24, 2.45) is 5.41 Å². The van der Waals surface area contributed by atoms with E-state index in [1.54, 1.807) is 11.8 Å². The number of hydrogen-bond acceptors (Lipinski definition) is 3. The van der Waals surface area contributed by atoms with Crippen LogP contribution in [0.3, 0.4) is 0 Å². The molecule has 1 fully saturated rings. The lowest BCUT2D eigenvalue weighted by molar-refractivity contribution is -0.123. The largest absolute Gasteiger partial charge is 0.352 e. The molecule has 3 nitrogen and oxygen atoms in total. The predicted molar refractivity (Wildman–Crippen MR) is 77.8 cm³/mol. The molecule has 1 aliphatic rings. The van der Waals surface area contributed by atoms with Crippen molar-refractivity contribution in [1.29, 1.82) is 0 Å². The van der Waals surface area contributed by atoms with E-state index in [1.807, 2.05) is 0 Å². The number of amides is 1. The van der Waals surface area contributed by atoms with Gasteiger partial charge in [0, 0.05) is 17.7 Å². The fraction of sp³-hybridized carbons (Fsp3) is 0.917. The van der Waals surface area contributed by atoms with Crippen LogP contribution < -0.4 is 10.6 Å². The normalized spacial score (nSPS) is 21.8. The van der Waals surface area contributed by atoms with Crippen molar-refractivity contribution in [2.45, 2.75) is 52.6 Å². The number of nitrogens with one attached hydrogen (secondary N) is 2. The van der Waals surface area contributed by atoms with Gasteiger partial charge in [0.25, 0.3) is 0 Å². The minimum absolute atomic E-state index is 0. The van der Waals surface area contributed by atoms with E-state index in [4.69, 9.17) is 0 Å². The summed E-state index contributed by atoms with van der Waals surface area (Å²) in [5.41, 5.74) is 0.348. The molecule has 0 saturated carbocycles. The van der Waals surface area contributed by atoms with Gasteiger partial charge in [-0.2, -0.15) is 0 Å². The highest BCUT2D eigenvalue weighted by molar-refractivity contribution is 7.99. The number of hydrogen-bond donors (Lipinski definition) is 2. The van der Waals surface area contributed by atoms with E-state index in [9.17, 15) is 4.79 Å². The van der Waals surface area contributed by atoms with Gasteiger partial charge in [0.2, 0.25) is 5.91 Å². The van der Waals surface area contributed by atoms with Crippen molar-refractivity contribution >= 4 is 30.1 Å². The molecule has 1 amide bonds. The van der Waals surface area contributed by atoms with Crippen LogP contribution in [0.15, 0.2) is 0 Å². The number of rotatable bonds is 4. The van der Waals surface area contributed by atoms with Crippen LogP contribution in [0.25, 0.3) is 0 Å². The van der Waals surface area contributed by atoms with Gasteiger partial charge in [-0.1, -0.05) is 20.8 Å². The molecule has 17 heavy (non-hydrogen) atoms. The van der Waals surface area contributed by atoms with Gasteiger partial charge >= 0.3 is 0 Å². The smallest absolute Gasteiger partial charge is 0.238 e. The van der Waals surface area contributed by atoms with Gasteiger partial charge in [0.05, 0.1) is 6.04 Å². The van der Waals surface area contributed by atoms with Crippen molar-refractivity contribution in [1.82, 2.24) is 10.6 Å². The predicted octanol–water partition coefficient (Wildman–Crippen LogP) is 2.40. The van der Waals surface area contributed by atoms with Crippen LogP contribution in [0.4, 0.5) is 0 Å². The molecule has 0 aromatic rings. The summed E-state index contributed by atoms with van der Waals surface area (Å²) in [5.74, 6) is 1.96. The molecule has 0 aromatic carbocycles. The van der Waals surface area contributed by atoms with Crippen LogP contribution in [0.5, 0.6) is 0 Å². The fourth-order valence-corrected chi connectivity index (χ4v) is 2.57. The Morgan fingerprint density at radius 1 is 1.53 bits per heavy atom. The Balaban J connectivity index is 0.00000256. The minimum atomic E-state index is 0. The number of carbonyl (C=O) groups is 1. The third-order valence-corrected chi connectivity index (χ3v) is 3.69. The molecule has 1 rings (SSSR count). The monoisotopic (exact) mass is 280 g/mol. The molecule has 0 bridgehead atoms. The van der Waals surface area contributed by atoms with Gasteiger partial charge in [0.1, 0.15) is 0 Å². The Kier molecular flexibility index (Phi) is 7.52. The van der Waals surface area contributed by atoms with Crippen LogP contribution in [-0.4, -0.2) is 29.6 Å². The molecule has 5 heteroatoms. The molecular weight excluding hydrogens is 256 g/mol. The highest BCUT2D eigenvalue weighted by Gasteiger charge is 2.23. The van der Waals surface area contributed by atoms with E-state index in [-0.39, 0.29) is 30.4 Å². The lowest BCUT2D eigenvalue weighted by Crippen LogP contribution is -2.45. The van der Waals surface area contributed by atoms with E-state index >= 15 is 0 Å². The van der Waals surface area contributed by atoms with Gasteiger partial charge in [-0.05, 0) is 25.2 Å². The first-order valence-electron chi connectivity index (χ1n) is 6.00. The average molecular weight is 281 g/mol. The van der Waals surface area contributed by atoms with Gasteiger partial charge in [-0.15, -0.1) is 24.2 Å². The second-order valence-electron chi connectivity index (χ2n) is 5.78. The summed E-state index contributed by atoms with van der Waals surface area (Å²) in [4.78, 5) is 11.8. The molecule has 1 saturated heterocycles. The van der Waals surface area contributed by atoms with E-state index < -0.39 is 0 Å². The Morgan fingerprint density at radius 2 is 2.18 bits per heavy atom. The fourth-order valence-electron chi connectivity index (χ4n) is 1.63. The number of thioether (sulfide) groups is 1. The molecule has 0 spiro atoms. The zero-order valence-corrected chi connectivity index (χ0v) is 12.8. The van der Waals surface area contributed by atoms with Crippen molar-refractivity contribution in [2.75, 3.05) is 11.6 Å². The van der Waals surface area contributed by atoms with Gasteiger partial charge in [-0.3, -0.25) is 10.1 Å². The minimum Gasteiger partial charge on any atom is -0.352 e. The Labute approximate surface area is 115 Å². The summed E-state index contributed by atoms with van der Waals surface area (Å²) in [6.07, 6.45) is 2.19. The summed E-state index contributed by atoms with van der Waals surface area (Å²) < 4.78 is 0. The quantitative estimate of drug-likeness (QED) is 0.831. The SMILES string of the molecule is CC(CCC(C)(C)C)NC(=O)C1CSCN1.Cl. The molecule has 1 heterocycles. The second kappa shape index (κ2) is 7.49. The molecule has 102 valence electrons. The Hall–Kier alpha value is 0.0700. The van der Waals surface area contributed by atoms with Crippen LogP contribution >= 0.6 is 24.2 Å². The average Bonchev–Trinajstić information content (AvgIpc) is 2.66. The molecule has 0 aliphatic carbocycles. The lowest BCUT2D eigenvalue weighted by atomic mass is 9.89. The van der Waals surface area contributed by atoms with Crippen LogP contribution in [0.2, 0.25) is 0 Å². The van der Waals surface area contributed by atoms with Crippen LogP contribution in [0, 0.1) is 5.41 Å². The van der Waals surface area contributed by atoms with Crippen molar-refractivity contribution in [3.05, 3.63) is 0 Å². The zero-order chi connectivity index (χ0) is 12.2. The van der Waals surface area contributed by atoms with Crippen LogP contribution in [-0.2, 0) is 4.79 Å². The highest BCUT2D eigenvalue weighted by Crippen LogP contribution is 2.21. The summed E-state index contributed by atoms with van der Waals surface area (Å²) in [6, 6.07) is 0.293. The molecule has 1 aliphatic heterocycles. The Bertz CT molecular complexity index is 237. The van der Waals surface area contributed by atoms with Gasteiger partial charge in [-0.25, -0.2) is 0 Å². The van der Waals surface area contributed by atoms with E-state index in [0.717, 1.165) is 24.5 Å².